The van der Waals surface area contributed by atoms with E-state index in [0.29, 0.717) is 37.8 Å². The number of halogens is 1. The molecule has 3 amide bonds. The Morgan fingerprint density at radius 1 is 1.14 bits per heavy atom. The van der Waals surface area contributed by atoms with Crippen molar-refractivity contribution in [1.29, 1.82) is 0 Å². The van der Waals surface area contributed by atoms with E-state index in [9.17, 15) is 14.4 Å². The van der Waals surface area contributed by atoms with E-state index >= 15 is 0 Å². The minimum absolute atomic E-state index is 0.228. The SMILES string of the molecule is CCCOc1c(I)cc(/C=C2\SC(=O)N(CC(=O)N3CCc4ccccc4C3)C2=O)cc1OCC. The molecular formula is C26H27IN2O5S. The molecule has 4 rings (SSSR count). The third-order valence-electron chi connectivity index (χ3n) is 5.73. The van der Waals surface area contributed by atoms with Crippen LogP contribution < -0.4 is 9.47 Å². The van der Waals surface area contributed by atoms with Gasteiger partial charge in [0, 0.05) is 13.1 Å². The lowest BCUT2D eigenvalue weighted by Crippen LogP contribution is -2.44. The number of imide groups is 1. The summed E-state index contributed by atoms with van der Waals surface area (Å²) in [6.07, 6.45) is 3.31. The Bertz CT molecular complexity index is 1180. The quantitative estimate of drug-likeness (QED) is 0.308. The molecule has 35 heavy (non-hydrogen) atoms. The lowest BCUT2D eigenvalue weighted by Gasteiger charge is -2.29. The van der Waals surface area contributed by atoms with Crippen LogP contribution in [0.15, 0.2) is 41.3 Å². The summed E-state index contributed by atoms with van der Waals surface area (Å²) in [5.74, 6) is 0.589. The Labute approximate surface area is 223 Å². The second-order valence-electron chi connectivity index (χ2n) is 8.21. The van der Waals surface area contributed by atoms with E-state index in [-0.39, 0.29) is 17.4 Å². The van der Waals surface area contributed by atoms with Crippen molar-refractivity contribution in [1.82, 2.24) is 9.80 Å². The molecule has 0 spiro atoms. The van der Waals surface area contributed by atoms with E-state index in [2.05, 4.69) is 28.7 Å². The monoisotopic (exact) mass is 606 g/mol. The molecule has 0 N–H and O–H groups in total. The number of thioether (sulfide) groups is 1. The van der Waals surface area contributed by atoms with E-state index in [1.54, 1.807) is 17.0 Å². The minimum Gasteiger partial charge on any atom is -0.490 e. The highest BCUT2D eigenvalue weighted by Gasteiger charge is 2.37. The largest absolute Gasteiger partial charge is 0.490 e. The molecule has 0 aromatic heterocycles. The predicted molar refractivity (Wildman–Crippen MR) is 144 cm³/mol. The normalized spacial score (nSPS) is 16.6. The van der Waals surface area contributed by atoms with Crippen molar-refractivity contribution >= 4 is 57.5 Å². The van der Waals surface area contributed by atoms with Crippen LogP contribution in [-0.4, -0.2) is 53.2 Å². The Morgan fingerprint density at radius 3 is 2.66 bits per heavy atom. The van der Waals surface area contributed by atoms with Crippen molar-refractivity contribution in [3.63, 3.8) is 0 Å². The predicted octanol–water partition coefficient (Wildman–Crippen LogP) is 5.10. The van der Waals surface area contributed by atoms with Crippen LogP contribution in [0, 0.1) is 3.57 Å². The fraction of sp³-hybridized carbons (Fsp3) is 0.346. The Morgan fingerprint density at radius 2 is 1.91 bits per heavy atom. The second-order valence-corrected chi connectivity index (χ2v) is 10.4. The van der Waals surface area contributed by atoms with Gasteiger partial charge in [-0.05, 0) is 89.0 Å². The molecule has 0 unspecified atom stereocenters. The van der Waals surface area contributed by atoms with Gasteiger partial charge in [-0.25, -0.2) is 0 Å². The van der Waals surface area contributed by atoms with Crippen LogP contribution in [-0.2, 0) is 22.6 Å². The zero-order valence-electron chi connectivity index (χ0n) is 19.7. The van der Waals surface area contributed by atoms with E-state index in [1.807, 2.05) is 38.1 Å². The van der Waals surface area contributed by atoms with E-state index in [1.165, 1.54) is 5.56 Å². The first-order chi connectivity index (χ1) is 16.9. The summed E-state index contributed by atoms with van der Waals surface area (Å²) < 4.78 is 12.5. The van der Waals surface area contributed by atoms with Gasteiger partial charge >= 0.3 is 0 Å². The highest BCUT2D eigenvalue weighted by molar-refractivity contribution is 14.1. The fourth-order valence-corrected chi connectivity index (χ4v) is 5.63. The molecule has 184 valence electrons. The first-order valence-electron chi connectivity index (χ1n) is 11.6. The molecule has 7 nitrogen and oxygen atoms in total. The van der Waals surface area contributed by atoms with Crippen LogP contribution in [0.3, 0.4) is 0 Å². The molecule has 1 fully saturated rings. The number of nitrogens with zero attached hydrogens (tertiary/aromatic N) is 2. The fourth-order valence-electron chi connectivity index (χ4n) is 4.01. The number of carbonyl (C=O) groups excluding carboxylic acids is 3. The summed E-state index contributed by atoms with van der Waals surface area (Å²) in [7, 11) is 0. The minimum atomic E-state index is -0.454. The Kier molecular flexibility index (Phi) is 8.38. The molecule has 2 aliphatic heterocycles. The third-order valence-corrected chi connectivity index (χ3v) is 7.44. The molecule has 0 aliphatic carbocycles. The van der Waals surface area contributed by atoms with Gasteiger partial charge in [-0.15, -0.1) is 0 Å². The zero-order valence-corrected chi connectivity index (χ0v) is 22.7. The van der Waals surface area contributed by atoms with E-state index in [4.69, 9.17) is 9.47 Å². The van der Waals surface area contributed by atoms with Crippen LogP contribution in [0.2, 0.25) is 0 Å². The van der Waals surface area contributed by atoms with E-state index in [0.717, 1.165) is 44.2 Å². The van der Waals surface area contributed by atoms with Crippen molar-refractivity contribution in [2.24, 2.45) is 0 Å². The molecule has 0 atom stereocenters. The van der Waals surface area contributed by atoms with Crippen LogP contribution in [0.25, 0.3) is 6.08 Å². The molecule has 9 heteroatoms. The lowest BCUT2D eigenvalue weighted by atomic mass is 10.00. The first kappa shape index (κ1) is 25.6. The summed E-state index contributed by atoms with van der Waals surface area (Å²) in [5.41, 5.74) is 3.07. The van der Waals surface area contributed by atoms with Crippen molar-refractivity contribution in [2.75, 3.05) is 26.3 Å². The maximum absolute atomic E-state index is 13.0. The average Bonchev–Trinajstić information content (AvgIpc) is 3.10. The van der Waals surface area contributed by atoms with Gasteiger partial charge in [0.05, 0.1) is 21.7 Å². The number of hydrogen-bond acceptors (Lipinski definition) is 6. The number of hydrogen-bond donors (Lipinski definition) is 0. The first-order valence-corrected chi connectivity index (χ1v) is 13.5. The molecule has 0 bridgehead atoms. The van der Waals surface area contributed by atoms with Gasteiger partial charge in [-0.3, -0.25) is 19.3 Å². The average molecular weight is 606 g/mol. The van der Waals surface area contributed by atoms with Gasteiger partial charge in [0.2, 0.25) is 5.91 Å². The molecule has 0 radical (unpaired) electrons. The summed E-state index contributed by atoms with van der Waals surface area (Å²) in [5, 5.41) is -0.436. The number of amides is 3. The van der Waals surface area contributed by atoms with Gasteiger partial charge < -0.3 is 14.4 Å². The van der Waals surface area contributed by atoms with Crippen molar-refractivity contribution in [2.45, 2.75) is 33.2 Å². The number of benzene rings is 2. The molecular weight excluding hydrogens is 579 g/mol. The van der Waals surface area contributed by atoms with Crippen LogP contribution in [0.4, 0.5) is 4.79 Å². The molecule has 2 aromatic rings. The summed E-state index contributed by atoms with van der Waals surface area (Å²) in [6, 6.07) is 11.7. The third kappa shape index (κ3) is 5.83. The van der Waals surface area contributed by atoms with Crippen LogP contribution in [0.1, 0.15) is 37.0 Å². The van der Waals surface area contributed by atoms with Gasteiger partial charge in [0.15, 0.2) is 11.5 Å². The number of fused-ring (bicyclic) bond motifs is 1. The smallest absolute Gasteiger partial charge is 0.294 e. The van der Waals surface area contributed by atoms with E-state index < -0.39 is 11.1 Å². The van der Waals surface area contributed by atoms with Gasteiger partial charge in [0.25, 0.3) is 11.1 Å². The number of carbonyl (C=O) groups is 3. The highest BCUT2D eigenvalue weighted by atomic mass is 127. The number of rotatable bonds is 8. The van der Waals surface area contributed by atoms with Crippen molar-refractivity contribution in [3.8, 4) is 11.5 Å². The van der Waals surface area contributed by atoms with Gasteiger partial charge in [-0.2, -0.15) is 0 Å². The van der Waals surface area contributed by atoms with Gasteiger partial charge in [-0.1, -0.05) is 31.2 Å². The molecule has 2 aromatic carbocycles. The zero-order chi connectivity index (χ0) is 24.9. The lowest BCUT2D eigenvalue weighted by molar-refractivity contribution is -0.136. The Hall–Kier alpha value is -2.53. The highest BCUT2D eigenvalue weighted by Crippen LogP contribution is 2.37. The molecule has 2 heterocycles. The summed E-state index contributed by atoms with van der Waals surface area (Å²) in [6.45, 7) is 5.79. The molecule has 2 aliphatic rings. The van der Waals surface area contributed by atoms with Gasteiger partial charge in [0.1, 0.15) is 6.54 Å². The maximum Gasteiger partial charge on any atom is 0.294 e. The topological polar surface area (TPSA) is 76.2 Å². The Balaban J connectivity index is 1.48. The van der Waals surface area contributed by atoms with Crippen LogP contribution >= 0.6 is 34.4 Å². The number of ether oxygens (including phenoxy) is 2. The van der Waals surface area contributed by atoms with Crippen LogP contribution in [0.5, 0.6) is 11.5 Å². The second kappa shape index (κ2) is 11.5. The summed E-state index contributed by atoms with van der Waals surface area (Å²) >= 11 is 3.03. The maximum atomic E-state index is 13.0. The summed E-state index contributed by atoms with van der Waals surface area (Å²) in [4.78, 5) is 41.6. The van der Waals surface area contributed by atoms with Crippen molar-refractivity contribution in [3.05, 3.63) is 61.6 Å². The van der Waals surface area contributed by atoms with Crippen molar-refractivity contribution < 1.29 is 23.9 Å². The molecule has 1 saturated heterocycles. The molecule has 0 saturated carbocycles. The standard InChI is InChI=1S/C26H27IN2O5S/c1-3-11-34-24-20(27)12-17(13-21(24)33-4-2)14-22-25(31)29(26(32)35-22)16-23(30)28-10-9-18-7-5-6-8-19(18)15-28/h5-8,12-14H,3-4,9-11,15-16H2,1-2H3/b22-14-.